The van der Waals surface area contributed by atoms with E-state index in [0.29, 0.717) is 5.41 Å². The van der Waals surface area contributed by atoms with Crippen LogP contribution in [0.25, 0.3) is 0 Å². The third-order valence-corrected chi connectivity index (χ3v) is 5.26. The highest BCUT2D eigenvalue weighted by atomic mass is 16.1. The first kappa shape index (κ1) is 15.2. The minimum absolute atomic E-state index is 0.390. The van der Waals surface area contributed by atoms with Gasteiger partial charge in [-0.15, -0.1) is 0 Å². The van der Waals surface area contributed by atoms with Crippen LogP contribution in [0.15, 0.2) is 30.3 Å². The Kier molecular flexibility index (Phi) is 4.64. The summed E-state index contributed by atoms with van der Waals surface area (Å²) in [5.41, 5.74) is 1.21. The summed E-state index contributed by atoms with van der Waals surface area (Å²) in [6.07, 6.45) is 4.87. The Morgan fingerprint density at radius 3 is 2.40 bits per heavy atom. The quantitative estimate of drug-likeness (QED) is 0.737. The Hall–Kier alpha value is -1.15. The van der Waals surface area contributed by atoms with Crippen molar-refractivity contribution in [1.29, 1.82) is 0 Å². The molecular formula is C18H27NO. The summed E-state index contributed by atoms with van der Waals surface area (Å²) in [4.78, 5) is 14.2. The van der Waals surface area contributed by atoms with Gasteiger partial charge in [-0.05, 0) is 43.7 Å². The number of benzene rings is 1. The molecule has 1 aromatic rings. The summed E-state index contributed by atoms with van der Waals surface area (Å²) in [5, 5.41) is 0. The second-order valence-corrected chi connectivity index (χ2v) is 6.57. The molecule has 110 valence electrons. The fourth-order valence-corrected chi connectivity index (χ4v) is 3.47. The summed E-state index contributed by atoms with van der Waals surface area (Å²) < 4.78 is 0. The number of carbonyl (C=O) groups excluding carboxylic acids is 1. The minimum atomic E-state index is -0.390. The van der Waals surface area contributed by atoms with E-state index in [9.17, 15) is 4.79 Å². The molecule has 1 saturated heterocycles. The smallest absolute Gasteiger partial charge is 0.131 e. The summed E-state index contributed by atoms with van der Waals surface area (Å²) in [5.74, 6) is 0. The van der Waals surface area contributed by atoms with E-state index >= 15 is 0 Å². The Bertz CT molecular complexity index is 438. The second-order valence-electron chi connectivity index (χ2n) is 6.57. The van der Waals surface area contributed by atoms with Gasteiger partial charge in [0.1, 0.15) is 6.29 Å². The zero-order chi connectivity index (χ0) is 14.6. The maximum atomic E-state index is 11.7. The van der Waals surface area contributed by atoms with Crippen molar-refractivity contribution in [1.82, 2.24) is 4.90 Å². The number of rotatable bonds is 6. The lowest BCUT2D eigenvalue weighted by Crippen LogP contribution is -2.40. The normalized spacial score (nSPS) is 21.6. The summed E-state index contributed by atoms with van der Waals surface area (Å²) in [7, 11) is 0. The summed E-state index contributed by atoms with van der Waals surface area (Å²) in [6.45, 7) is 9.75. The Morgan fingerprint density at radius 2 is 1.90 bits per heavy atom. The van der Waals surface area contributed by atoms with Crippen molar-refractivity contribution in [3.05, 3.63) is 35.9 Å². The van der Waals surface area contributed by atoms with Crippen molar-refractivity contribution in [2.75, 3.05) is 19.6 Å². The van der Waals surface area contributed by atoms with Crippen molar-refractivity contribution >= 4 is 6.29 Å². The van der Waals surface area contributed by atoms with E-state index in [0.717, 1.165) is 31.5 Å². The monoisotopic (exact) mass is 273 g/mol. The van der Waals surface area contributed by atoms with Gasteiger partial charge in [-0.2, -0.15) is 0 Å². The zero-order valence-electron chi connectivity index (χ0n) is 13.1. The fourth-order valence-electron chi connectivity index (χ4n) is 3.47. The van der Waals surface area contributed by atoms with Crippen molar-refractivity contribution in [3.8, 4) is 0 Å². The molecule has 0 aromatic heterocycles. The third kappa shape index (κ3) is 2.95. The largest absolute Gasteiger partial charge is 0.302 e. The van der Waals surface area contributed by atoms with Crippen LogP contribution in [-0.2, 0) is 10.2 Å². The Morgan fingerprint density at radius 1 is 1.25 bits per heavy atom. The highest BCUT2D eigenvalue weighted by Crippen LogP contribution is 2.38. The van der Waals surface area contributed by atoms with Gasteiger partial charge >= 0.3 is 0 Å². The van der Waals surface area contributed by atoms with Crippen LogP contribution >= 0.6 is 0 Å². The van der Waals surface area contributed by atoms with Crippen LogP contribution in [-0.4, -0.2) is 30.8 Å². The molecule has 0 amide bonds. The fraction of sp³-hybridized carbons (Fsp3) is 0.611. The Labute approximate surface area is 123 Å². The highest BCUT2D eigenvalue weighted by molar-refractivity contribution is 5.68. The van der Waals surface area contributed by atoms with Crippen molar-refractivity contribution in [3.63, 3.8) is 0 Å². The molecule has 2 nitrogen and oxygen atoms in total. The topological polar surface area (TPSA) is 20.3 Å². The van der Waals surface area contributed by atoms with Gasteiger partial charge in [-0.1, -0.05) is 44.2 Å². The molecule has 1 aliphatic heterocycles. The van der Waals surface area contributed by atoms with Crippen LogP contribution in [0.3, 0.4) is 0 Å². The average Bonchev–Trinajstić information content (AvgIpc) is 2.91. The molecule has 0 saturated carbocycles. The zero-order valence-corrected chi connectivity index (χ0v) is 13.1. The molecule has 0 spiro atoms. The van der Waals surface area contributed by atoms with Gasteiger partial charge in [-0.25, -0.2) is 0 Å². The maximum Gasteiger partial charge on any atom is 0.131 e. The van der Waals surface area contributed by atoms with E-state index in [4.69, 9.17) is 0 Å². The van der Waals surface area contributed by atoms with Gasteiger partial charge in [0.05, 0.1) is 5.41 Å². The lowest BCUT2D eigenvalue weighted by molar-refractivity contribution is -0.112. The molecule has 1 heterocycles. The van der Waals surface area contributed by atoms with Gasteiger partial charge in [0.25, 0.3) is 0 Å². The van der Waals surface area contributed by atoms with Crippen LogP contribution in [0.5, 0.6) is 0 Å². The standard InChI is InChI=1S/C18H27NO/c1-4-18(5-2)11-12-19(14-18)13-17(3,15-20)16-9-7-6-8-10-16/h6-10,15H,4-5,11-14H2,1-3H3. The molecule has 1 fully saturated rings. The SMILES string of the molecule is CCC1(CC)CCN(CC(C)(C=O)c2ccccc2)C1. The molecule has 0 N–H and O–H groups in total. The molecule has 0 aliphatic carbocycles. The average molecular weight is 273 g/mol. The minimum Gasteiger partial charge on any atom is -0.302 e. The maximum absolute atomic E-state index is 11.7. The van der Waals surface area contributed by atoms with Crippen LogP contribution in [0.4, 0.5) is 0 Å². The van der Waals surface area contributed by atoms with Gasteiger partial charge < -0.3 is 9.69 Å². The van der Waals surface area contributed by atoms with E-state index in [1.54, 1.807) is 0 Å². The van der Waals surface area contributed by atoms with Crippen LogP contribution < -0.4 is 0 Å². The van der Waals surface area contributed by atoms with Crippen molar-refractivity contribution < 1.29 is 4.79 Å². The molecule has 1 aromatic carbocycles. The number of hydrogen-bond acceptors (Lipinski definition) is 2. The van der Waals surface area contributed by atoms with Crippen LogP contribution in [0.1, 0.15) is 45.6 Å². The number of aldehydes is 1. The molecule has 0 bridgehead atoms. The van der Waals surface area contributed by atoms with E-state index in [1.165, 1.54) is 19.3 Å². The summed E-state index contributed by atoms with van der Waals surface area (Å²) in [6, 6.07) is 10.2. The molecule has 1 atom stereocenters. The number of nitrogens with zero attached hydrogens (tertiary/aromatic N) is 1. The van der Waals surface area contributed by atoms with Gasteiger partial charge in [0.2, 0.25) is 0 Å². The number of carbonyl (C=O) groups is 1. The van der Waals surface area contributed by atoms with E-state index in [-0.39, 0.29) is 0 Å². The first-order valence-corrected chi connectivity index (χ1v) is 7.82. The van der Waals surface area contributed by atoms with E-state index in [1.807, 2.05) is 18.2 Å². The van der Waals surface area contributed by atoms with Gasteiger partial charge in [-0.3, -0.25) is 0 Å². The molecule has 20 heavy (non-hydrogen) atoms. The van der Waals surface area contributed by atoms with Crippen LogP contribution in [0.2, 0.25) is 0 Å². The molecule has 1 unspecified atom stereocenters. The Balaban J connectivity index is 2.10. The van der Waals surface area contributed by atoms with Gasteiger partial charge in [0, 0.05) is 13.1 Å². The van der Waals surface area contributed by atoms with Gasteiger partial charge in [0.15, 0.2) is 0 Å². The number of hydrogen-bond donors (Lipinski definition) is 0. The predicted octanol–water partition coefficient (Wildman–Crippen LogP) is 3.66. The van der Waals surface area contributed by atoms with Crippen molar-refractivity contribution in [2.45, 2.75) is 45.4 Å². The highest BCUT2D eigenvalue weighted by Gasteiger charge is 2.38. The summed E-state index contributed by atoms with van der Waals surface area (Å²) >= 11 is 0. The lowest BCUT2D eigenvalue weighted by atomic mass is 9.81. The van der Waals surface area contributed by atoms with E-state index < -0.39 is 5.41 Å². The predicted molar refractivity (Wildman–Crippen MR) is 83.9 cm³/mol. The molecule has 2 rings (SSSR count). The van der Waals surface area contributed by atoms with Crippen LogP contribution in [0, 0.1) is 5.41 Å². The third-order valence-electron chi connectivity index (χ3n) is 5.26. The van der Waals surface area contributed by atoms with E-state index in [2.05, 4.69) is 37.8 Å². The molecule has 0 radical (unpaired) electrons. The molecular weight excluding hydrogens is 246 g/mol. The first-order chi connectivity index (χ1) is 9.57. The first-order valence-electron chi connectivity index (χ1n) is 7.82. The second kappa shape index (κ2) is 6.09. The molecule has 1 aliphatic rings. The van der Waals surface area contributed by atoms with Crippen molar-refractivity contribution in [2.24, 2.45) is 5.41 Å². The number of likely N-dealkylation sites (tertiary alicyclic amines) is 1. The lowest BCUT2D eigenvalue weighted by Gasteiger charge is -2.31. The molecule has 2 heteroatoms.